The summed E-state index contributed by atoms with van der Waals surface area (Å²) in [5.41, 5.74) is -1.58. The highest BCUT2D eigenvalue weighted by molar-refractivity contribution is 7.96. The van der Waals surface area contributed by atoms with Crippen molar-refractivity contribution in [2.45, 2.75) is 5.54 Å². The highest BCUT2D eigenvalue weighted by atomic mass is 31.2. The fourth-order valence-corrected chi connectivity index (χ4v) is 9.16. The van der Waals surface area contributed by atoms with Crippen molar-refractivity contribution in [1.82, 2.24) is 0 Å². The largest absolute Gasteiger partial charge is 0.290 e. The van der Waals surface area contributed by atoms with Gasteiger partial charge in [-0.1, -0.05) is 115 Å². The molecule has 0 fully saturated rings. The van der Waals surface area contributed by atoms with Crippen LogP contribution in [0.2, 0.25) is 0 Å². The number of hydrogen-bond acceptors (Lipinski definition) is 4. The van der Waals surface area contributed by atoms with E-state index >= 15 is 0 Å². The summed E-state index contributed by atoms with van der Waals surface area (Å²) in [7, 11) is 0. The Hall–Kier alpha value is -4.21. The zero-order valence-corrected chi connectivity index (χ0v) is 19.4. The zero-order chi connectivity index (χ0) is 24.0. The van der Waals surface area contributed by atoms with E-state index in [4.69, 9.17) is 0 Å². The Labute approximate surface area is 202 Å². The molecule has 35 heavy (non-hydrogen) atoms. The predicted molar refractivity (Wildman–Crippen MR) is 138 cm³/mol. The molecule has 2 aliphatic rings. The van der Waals surface area contributed by atoms with Crippen LogP contribution >= 0.6 is 6.89 Å². The summed E-state index contributed by atoms with van der Waals surface area (Å²) in [5, 5.41) is 11.3. The van der Waals surface area contributed by atoms with Gasteiger partial charge in [0.2, 0.25) is 17.3 Å². The molecule has 0 saturated carbocycles. The third-order valence-electron chi connectivity index (χ3n) is 6.65. The molecule has 4 aromatic carbocycles. The molecule has 0 N–H and O–H groups in total. The molecule has 1 spiro atoms. The van der Waals surface area contributed by atoms with Crippen molar-refractivity contribution in [1.29, 1.82) is 0 Å². The number of carbonyl (C=O) groups excluding carboxylic acids is 3. The van der Waals surface area contributed by atoms with Crippen molar-refractivity contribution in [2.24, 2.45) is 10.2 Å². The third-order valence-corrected chi connectivity index (χ3v) is 10.8. The molecule has 0 saturated heterocycles. The first-order valence-electron chi connectivity index (χ1n) is 11.2. The van der Waals surface area contributed by atoms with Crippen molar-refractivity contribution in [3.8, 4) is 0 Å². The summed E-state index contributed by atoms with van der Waals surface area (Å²) in [6.45, 7) is -2.88. The number of hydrogen-bond donors (Lipinski definition) is 0. The summed E-state index contributed by atoms with van der Waals surface area (Å²) in [5.74, 6) is -1.84. The molecule has 4 aromatic rings. The summed E-state index contributed by atoms with van der Waals surface area (Å²) in [6, 6.07) is 35.6. The molecule has 0 unspecified atom stereocenters. The van der Waals surface area contributed by atoms with E-state index in [0.29, 0.717) is 0 Å². The van der Waals surface area contributed by atoms with Crippen LogP contribution in [0.15, 0.2) is 125 Å². The van der Waals surface area contributed by atoms with Crippen LogP contribution in [0.1, 0.15) is 20.7 Å². The van der Waals surface area contributed by atoms with Gasteiger partial charge in [0.25, 0.3) is 5.54 Å². The van der Waals surface area contributed by atoms with Gasteiger partial charge in [-0.2, -0.15) is 5.11 Å². The smallest absolute Gasteiger partial charge is 0.270 e. The lowest BCUT2D eigenvalue weighted by Gasteiger charge is -2.29. The Bertz CT molecular complexity index is 1450. The molecule has 1 aliphatic heterocycles. The molecule has 0 radical (unpaired) electrons. The van der Waals surface area contributed by atoms with Crippen molar-refractivity contribution < 1.29 is 14.4 Å². The van der Waals surface area contributed by atoms with Gasteiger partial charge in [0.1, 0.15) is 5.42 Å². The topological polar surface area (TPSA) is 75.9 Å². The van der Waals surface area contributed by atoms with Crippen LogP contribution in [0, 0.1) is 0 Å². The second-order valence-electron chi connectivity index (χ2n) is 8.44. The van der Waals surface area contributed by atoms with Crippen LogP contribution in [-0.4, -0.2) is 28.3 Å². The van der Waals surface area contributed by atoms with Crippen LogP contribution < -0.4 is 15.9 Å². The predicted octanol–water partition coefficient (Wildman–Crippen LogP) is 3.96. The lowest BCUT2D eigenvalue weighted by atomic mass is 9.90. The minimum atomic E-state index is -2.88. The minimum absolute atomic E-state index is 0.163. The average Bonchev–Trinajstić information content (AvgIpc) is 3.38. The molecule has 168 valence electrons. The monoisotopic (exact) mass is 474 g/mol. The highest BCUT2D eigenvalue weighted by Crippen LogP contribution is 2.50. The Morgan fingerprint density at radius 3 is 1.26 bits per heavy atom. The van der Waals surface area contributed by atoms with Gasteiger partial charge < -0.3 is 0 Å². The fraction of sp³-hybridized carbons (Fsp3) is 0.0345. The first-order chi connectivity index (χ1) is 17.1. The maximum absolute atomic E-state index is 14.3. The van der Waals surface area contributed by atoms with E-state index in [1.807, 2.05) is 91.0 Å². The second-order valence-corrected chi connectivity index (χ2v) is 11.8. The van der Waals surface area contributed by atoms with Gasteiger partial charge in [-0.05, 0) is 15.9 Å². The number of fused-ring (bicyclic) bond motifs is 1. The molecule has 6 rings (SSSR count). The molecule has 0 aromatic heterocycles. The number of benzene rings is 4. The fourth-order valence-electron chi connectivity index (χ4n) is 5.03. The molecule has 0 atom stereocenters. The van der Waals surface area contributed by atoms with Gasteiger partial charge in [-0.25, -0.2) is 0 Å². The summed E-state index contributed by atoms with van der Waals surface area (Å²) < 4.78 is 0. The van der Waals surface area contributed by atoms with Gasteiger partial charge in [0.15, 0.2) is 0 Å². The standard InChI is InChI=1S/C29H19N2O3P/c32-25-23-18-10-11-19-24(23)26(33)29(25)27(34)28(30-31-29)35(20-12-4-1-5-13-20,21-14-6-2-7-15-21)22-16-8-3-9-17-22/h1-19H. The first kappa shape index (κ1) is 21.3. The number of ketones is 3. The van der Waals surface area contributed by atoms with Crippen molar-refractivity contribution in [3.05, 3.63) is 126 Å². The molecule has 1 aliphatic carbocycles. The van der Waals surface area contributed by atoms with Gasteiger partial charge in [-0.15, -0.1) is 5.11 Å². The molecule has 6 heteroatoms. The van der Waals surface area contributed by atoms with E-state index in [-0.39, 0.29) is 16.5 Å². The van der Waals surface area contributed by atoms with Crippen molar-refractivity contribution >= 4 is 45.6 Å². The number of Topliss-reactive ketones (excluding diaryl/α,β-unsaturated/α-hetero) is 3. The van der Waals surface area contributed by atoms with Crippen LogP contribution in [0.3, 0.4) is 0 Å². The van der Waals surface area contributed by atoms with Gasteiger partial charge >= 0.3 is 0 Å². The highest BCUT2D eigenvalue weighted by Gasteiger charge is 2.63. The number of rotatable bonds is 3. The van der Waals surface area contributed by atoms with Crippen LogP contribution in [0.4, 0.5) is 0 Å². The minimum Gasteiger partial charge on any atom is -0.290 e. The lowest BCUT2D eigenvalue weighted by molar-refractivity contribution is -0.114. The van der Waals surface area contributed by atoms with Gasteiger partial charge in [0.05, 0.1) is 0 Å². The molecule has 5 nitrogen and oxygen atoms in total. The Morgan fingerprint density at radius 1 is 0.486 bits per heavy atom. The molecule has 0 bridgehead atoms. The van der Waals surface area contributed by atoms with E-state index in [1.165, 1.54) is 0 Å². The van der Waals surface area contributed by atoms with E-state index < -0.39 is 29.8 Å². The first-order valence-corrected chi connectivity index (χ1v) is 13.0. The molecular weight excluding hydrogens is 455 g/mol. The van der Waals surface area contributed by atoms with Crippen LogP contribution in [-0.2, 0) is 4.79 Å². The zero-order valence-electron chi connectivity index (χ0n) is 18.5. The second kappa shape index (κ2) is 7.93. The SMILES string of the molecule is O=C1C(=P(c2ccccc2)(c2ccccc2)c2ccccc2)N=NC12C(=O)c1ccccc1C2=O. The van der Waals surface area contributed by atoms with E-state index in [1.54, 1.807) is 24.3 Å². The third kappa shape index (κ3) is 2.79. The Kier molecular flexibility index (Phi) is 4.84. The number of azo groups is 1. The maximum atomic E-state index is 14.3. The molecule has 0 amide bonds. The summed E-state index contributed by atoms with van der Waals surface area (Å²) in [4.78, 5) is 41.4. The van der Waals surface area contributed by atoms with Crippen molar-refractivity contribution in [3.63, 3.8) is 0 Å². The van der Waals surface area contributed by atoms with E-state index in [0.717, 1.165) is 15.9 Å². The lowest BCUT2D eigenvalue weighted by Crippen LogP contribution is -2.48. The van der Waals surface area contributed by atoms with E-state index in [2.05, 4.69) is 10.2 Å². The average molecular weight is 474 g/mol. The molecule has 1 heterocycles. The van der Waals surface area contributed by atoms with Gasteiger partial charge in [-0.3, -0.25) is 14.4 Å². The van der Waals surface area contributed by atoms with Crippen molar-refractivity contribution in [2.75, 3.05) is 0 Å². The molecular formula is C29H19N2O3P. The Morgan fingerprint density at radius 2 is 0.857 bits per heavy atom. The van der Waals surface area contributed by atoms with Crippen LogP contribution in [0.25, 0.3) is 0 Å². The summed E-state index contributed by atoms with van der Waals surface area (Å²) in [6.07, 6.45) is 0. The van der Waals surface area contributed by atoms with Gasteiger partial charge in [0, 0.05) is 18.0 Å². The van der Waals surface area contributed by atoms with Crippen LogP contribution in [0.5, 0.6) is 0 Å². The number of nitrogens with zero attached hydrogens (tertiary/aromatic N) is 2. The Balaban J connectivity index is 1.73. The summed E-state index contributed by atoms with van der Waals surface area (Å²) >= 11 is 0. The maximum Gasteiger partial charge on any atom is 0.270 e. The normalized spacial score (nSPS) is 16.2. The van der Waals surface area contributed by atoms with E-state index in [9.17, 15) is 14.4 Å². The number of carbonyl (C=O) groups is 3. The quantitative estimate of drug-likeness (QED) is 0.333.